The van der Waals surface area contributed by atoms with Crippen LogP contribution in [0.3, 0.4) is 0 Å². The lowest BCUT2D eigenvalue weighted by atomic mass is 9.96. The Hall–Kier alpha value is -2.05. The second-order valence-corrected chi connectivity index (χ2v) is 8.14. The summed E-state index contributed by atoms with van der Waals surface area (Å²) in [5.74, 6) is 2.77. The van der Waals surface area contributed by atoms with Crippen molar-refractivity contribution in [2.24, 2.45) is 5.92 Å². The summed E-state index contributed by atoms with van der Waals surface area (Å²) in [5, 5.41) is 3.48. The zero-order valence-corrected chi connectivity index (χ0v) is 17.6. The normalized spacial score (nSPS) is 15.8. The van der Waals surface area contributed by atoms with Crippen molar-refractivity contribution in [3.8, 4) is 5.75 Å². The van der Waals surface area contributed by atoms with Crippen molar-refractivity contribution in [1.82, 2.24) is 14.5 Å². The van der Waals surface area contributed by atoms with Gasteiger partial charge in [0.1, 0.15) is 11.6 Å². The number of carbonyl (C=O) groups excluding carboxylic acids is 1. The number of methoxy groups -OCH3 is 1. The molecule has 3 rings (SSSR count). The fourth-order valence-corrected chi connectivity index (χ4v) is 3.92. The van der Waals surface area contributed by atoms with E-state index in [0.717, 1.165) is 38.3 Å². The van der Waals surface area contributed by atoms with Crippen molar-refractivity contribution in [1.29, 1.82) is 0 Å². The number of rotatable bonds is 7. The Bertz CT molecular complexity index is 797. The van der Waals surface area contributed by atoms with Crippen LogP contribution in [-0.2, 0) is 11.3 Å². The van der Waals surface area contributed by atoms with E-state index in [2.05, 4.69) is 39.8 Å². The first-order valence-corrected chi connectivity index (χ1v) is 10.2. The number of piperidine rings is 1. The summed E-state index contributed by atoms with van der Waals surface area (Å²) in [4.78, 5) is 19.1. The highest BCUT2D eigenvalue weighted by Crippen LogP contribution is 2.28. The van der Waals surface area contributed by atoms with Crippen LogP contribution < -0.4 is 10.1 Å². The zero-order chi connectivity index (χ0) is 20.1. The van der Waals surface area contributed by atoms with Crippen molar-refractivity contribution < 1.29 is 9.53 Å². The van der Waals surface area contributed by atoms with Gasteiger partial charge in [0.25, 0.3) is 0 Å². The highest BCUT2D eigenvalue weighted by molar-refractivity contribution is 6.31. The molecule has 1 aliphatic rings. The summed E-state index contributed by atoms with van der Waals surface area (Å²) in [7, 11) is 1.58. The summed E-state index contributed by atoms with van der Waals surface area (Å²) in [5.41, 5.74) is 0.608. The van der Waals surface area contributed by atoms with Gasteiger partial charge in [-0.25, -0.2) is 4.98 Å². The van der Waals surface area contributed by atoms with Crippen LogP contribution in [0.2, 0.25) is 5.02 Å². The Morgan fingerprint density at radius 2 is 2.11 bits per heavy atom. The quantitative estimate of drug-likeness (QED) is 0.757. The average Bonchev–Trinajstić information content (AvgIpc) is 3.12. The molecule has 1 fully saturated rings. The van der Waals surface area contributed by atoms with E-state index in [0.29, 0.717) is 34.8 Å². The summed E-state index contributed by atoms with van der Waals surface area (Å²) >= 11 is 6.03. The first kappa shape index (κ1) is 20.7. The van der Waals surface area contributed by atoms with Crippen LogP contribution in [0.15, 0.2) is 30.6 Å². The maximum atomic E-state index is 12.5. The lowest BCUT2D eigenvalue weighted by molar-refractivity contribution is -0.117. The first-order chi connectivity index (χ1) is 13.5. The minimum atomic E-state index is -0.0456. The van der Waals surface area contributed by atoms with E-state index in [1.54, 1.807) is 25.3 Å². The molecular weight excluding hydrogens is 376 g/mol. The van der Waals surface area contributed by atoms with Gasteiger partial charge in [-0.1, -0.05) is 25.4 Å². The van der Waals surface area contributed by atoms with Crippen LogP contribution in [0, 0.1) is 5.92 Å². The van der Waals surface area contributed by atoms with Gasteiger partial charge < -0.3 is 14.6 Å². The van der Waals surface area contributed by atoms with Crippen LogP contribution in [0.1, 0.15) is 38.4 Å². The number of hydrogen-bond donors (Lipinski definition) is 1. The topological polar surface area (TPSA) is 59.4 Å². The number of nitrogens with one attached hydrogen (secondary N) is 1. The summed E-state index contributed by atoms with van der Waals surface area (Å²) in [6.07, 6.45) is 6.14. The summed E-state index contributed by atoms with van der Waals surface area (Å²) in [6.45, 7) is 7.59. The molecule has 7 heteroatoms. The molecule has 0 radical (unpaired) electrons. The van der Waals surface area contributed by atoms with Gasteiger partial charge in [-0.2, -0.15) is 0 Å². The molecule has 1 amide bonds. The van der Waals surface area contributed by atoms with Gasteiger partial charge in [0.2, 0.25) is 5.91 Å². The third-order valence-corrected chi connectivity index (χ3v) is 5.46. The number of ether oxygens (including phenoxy) is 1. The largest absolute Gasteiger partial charge is 0.495 e. The molecule has 0 saturated carbocycles. The number of aromatic nitrogens is 2. The van der Waals surface area contributed by atoms with E-state index in [-0.39, 0.29) is 5.91 Å². The van der Waals surface area contributed by atoms with Crippen molar-refractivity contribution >= 4 is 23.2 Å². The summed E-state index contributed by atoms with van der Waals surface area (Å²) < 4.78 is 7.57. The Labute approximate surface area is 171 Å². The molecule has 0 spiro atoms. The number of likely N-dealkylation sites (tertiary alicyclic amines) is 1. The van der Waals surface area contributed by atoms with Gasteiger partial charge >= 0.3 is 0 Å². The summed E-state index contributed by atoms with van der Waals surface area (Å²) in [6, 6.07) is 5.21. The lowest BCUT2D eigenvalue weighted by Gasteiger charge is -2.32. The van der Waals surface area contributed by atoms with E-state index >= 15 is 0 Å². The van der Waals surface area contributed by atoms with Crippen LogP contribution in [0.25, 0.3) is 0 Å². The van der Waals surface area contributed by atoms with Crippen molar-refractivity contribution in [3.63, 3.8) is 0 Å². The van der Waals surface area contributed by atoms with Crippen LogP contribution in [0.5, 0.6) is 5.75 Å². The Balaban J connectivity index is 1.48. The molecule has 1 aromatic heterocycles. The molecule has 6 nitrogen and oxygen atoms in total. The number of carbonyl (C=O) groups is 1. The van der Waals surface area contributed by atoms with Crippen LogP contribution in [0.4, 0.5) is 5.69 Å². The number of halogens is 1. The minimum Gasteiger partial charge on any atom is -0.495 e. The van der Waals surface area contributed by atoms with E-state index in [1.807, 2.05) is 6.20 Å². The molecule has 0 atom stereocenters. The highest BCUT2D eigenvalue weighted by Gasteiger charge is 2.22. The fourth-order valence-electron chi connectivity index (χ4n) is 3.75. The van der Waals surface area contributed by atoms with Gasteiger partial charge in [0.15, 0.2) is 0 Å². The number of amides is 1. The predicted octanol–water partition coefficient (Wildman–Crippen LogP) is 4.02. The van der Waals surface area contributed by atoms with Gasteiger partial charge in [-0.15, -0.1) is 0 Å². The van der Waals surface area contributed by atoms with E-state index < -0.39 is 0 Å². The minimum absolute atomic E-state index is 0.0456. The molecular formula is C21H29ClN4O2. The Kier molecular flexibility index (Phi) is 6.97. The third kappa shape index (κ3) is 5.26. The molecule has 1 aromatic carbocycles. The van der Waals surface area contributed by atoms with Crippen molar-refractivity contribution in [2.45, 2.75) is 39.2 Å². The first-order valence-electron chi connectivity index (χ1n) is 9.83. The molecule has 1 N–H and O–H groups in total. The van der Waals surface area contributed by atoms with Crippen LogP contribution >= 0.6 is 11.6 Å². The molecule has 0 aliphatic carbocycles. The Morgan fingerprint density at radius 1 is 1.36 bits per heavy atom. The Morgan fingerprint density at radius 3 is 2.79 bits per heavy atom. The average molecular weight is 405 g/mol. The van der Waals surface area contributed by atoms with E-state index in [1.165, 1.54) is 0 Å². The number of imidazole rings is 1. The highest BCUT2D eigenvalue weighted by atomic mass is 35.5. The number of benzene rings is 1. The van der Waals surface area contributed by atoms with E-state index in [9.17, 15) is 4.79 Å². The molecule has 0 unspecified atom stereocenters. The molecule has 1 saturated heterocycles. The van der Waals surface area contributed by atoms with E-state index in [4.69, 9.17) is 16.3 Å². The molecule has 2 aromatic rings. The molecule has 1 aliphatic heterocycles. The molecule has 0 bridgehead atoms. The van der Waals surface area contributed by atoms with Gasteiger partial charge in [0, 0.05) is 29.9 Å². The third-order valence-electron chi connectivity index (χ3n) is 5.23. The van der Waals surface area contributed by atoms with Crippen LogP contribution in [-0.4, -0.2) is 47.1 Å². The van der Waals surface area contributed by atoms with Gasteiger partial charge in [-0.05, 0) is 50.0 Å². The predicted molar refractivity (Wildman–Crippen MR) is 112 cm³/mol. The molecule has 28 heavy (non-hydrogen) atoms. The zero-order valence-electron chi connectivity index (χ0n) is 16.8. The lowest BCUT2D eigenvalue weighted by Crippen LogP contribution is -2.40. The number of hydrogen-bond acceptors (Lipinski definition) is 4. The second-order valence-electron chi connectivity index (χ2n) is 7.70. The molecule has 2 heterocycles. The van der Waals surface area contributed by atoms with Gasteiger partial charge in [-0.3, -0.25) is 9.69 Å². The maximum absolute atomic E-state index is 12.5. The fraction of sp³-hybridized carbons (Fsp3) is 0.524. The van der Waals surface area contributed by atoms with Crippen molar-refractivity contribution in [3.05, 3.63) is 41.4 Å². The van der Waals surface area contributed by atoms with Crippen molar-refractivity contribution in [2.75, 3.05) is 32.1 Å². The number of nitrogens with zero attached hydrogens (tertiary/aromatic N) is 3. The standard InChI is InChI=1S/C21H29ClN4O2/c1-15(2)21-23-8-11-26(21)13-16-6-9-25(10-7-16)14-20(27)24-18-12-17(22)4-5-19(18)28-3/h4-5,8,11-12,15-16H,6-7,9-10,13-14H2,1-3H3,(H,24,27). The monoisotopic (exact) mass is 404 g/mol. The molecule has 152 valence electrons. The number of anilines is 1. The van der Waals surface area contributed by atoms with Gasteiger partial charge in [0.05, 0.1) is 19.3 Å². The smallest absolute Gasteiger partial charge is 0.238 e. The maximum Gasteiger partial charge on any atom is 0.238 e. The second kappa shape index (κ2) is 9.43. The SMILES string of the molecule is COc1ccc(Cl)cc1NC(=O)CN1CCC(Cn2ccnc2C(C)C)CC1.